The molecule has 0 aliphatic carbocycles. The van der Waals surface area contributed by atoms with Crippen LogP contribution in [0.15, 0.2) is 60.7 Å². The third kappa shape index (κ3) is 9.09. The molecule has 1 heterocycles. The van der Waals surface area contributed by atoms with Crippen molar-refractivity contribution in [2.45, 2.75) is 58.2 Å². The second-order valence-corrected chi connectivity index (χ2v) is 13.2. The van der Waals surface area contributed by atoms with E-state index >= 15 is 0 Å². The van der Waals surface area contributed by atoms with Crippen LogP contribution < -0.4 is 15.4 Å². The first kappa shape index (κ1) is 34.0. The molecule has 45 heavy (non-hydrogen) atoms. The summed E-state index contributed by atoms with van der Waals surface area (Å²) in [7, 11) is -3.63. The molecule has 1 aliphatic heterocycles. The Kier molecular flexibility index (Phi) is 11.3. The molecule has 4 rings (SSSR count). The van der Waals surface area contributed by atoms with E-state index in [1.807, 2.05) is 13.8 Å². The smallest absolute Gasteiger partial charge is 0.253 e. The van der Waals surface area contributed by atoms with E-state index in [0.717, 1.165) is 31.0 Å². The maximum atomic E-state index is 14.0. The highest BCUT2D eigenvalue weighted by atomic mass is 32.2. The standard InChI is InChI=1S/C33H40F2N4O5S/c1-4-10-39(11-5-2)33(42)24-13-21(3)12-23(17-24)32(41)37-29(16-22-14-25(34)18-26(35)15-22)31(40)19-36-30-20-45(43,44)38-28-9-7-6-8-27(28)30/h6-9,12-15,17-18,29-31,36,38,40H,4-5,10-11,16,19-20H2,1-3H3,(H,37,41). The molecule has 242 valence electrons. The Balaban J connectivity index is 1.58. The van der Waals surface area contributed by atoms with Crippen LogP contribution in [0.4, 0.5) is 14.5 Å². The lowest BCUT2D eigenvalue weighted by atomic mass is 9.98. The normalized spacial score (nSPS) is 16.6. The van der Waals surface area contributed by atoms with Crippen molar-refractivity contribution in [3.63, 3.8) is 0 Å². The van der Waals surface area contributed by atoms with Crippen LogP contribution >= 0.6 is 0 Å². The van der Waals surface area contributed by atoms with Crippen LogP contribution in [0.25, 0.3) is 0 Å². The van der Waals surface area contributed by atoms with E-state index in [1.54, 1.807) is 48.2 Å². The van der Waals surface area contributed by atoms with Crippen LogP contribution in [0.1, 0.15) is 70.1 Å². The molecular weight excluding hydrogens is 602 g/mol. The zero-order chi connectivity index (χ0) is 32.7. The number of carbonyl (C=O) groups is 2. The van der Waals surface area contributed by atoms with E-state index in [2.05, 4.69) is 15.4 Å². The molecule has 3 atom stereocenters. The molecule has 3 aromatic rings. The summed E-state index contributed by atoms with van der Waals surface area (Å²) in [6.07, 6.45) is 0.158. The van der Waals surface area contributed by atoms with Gasteiger partial charge in [0.1, 0.15) is 11.6 Å². The fourth-order valence-electron chi connectivity index (χ4n) is 5.58. The minimum Gasteiger partial charge on any atom is -0.390 e. The van der Waals surface area contributed by atoms with Crippen molar-refractivity contribution in [2.24, 2.45) is 0 Å². The molecule has 0 bridgehead atoms. The molecule has 0 radical (unpaired) electrons. The number of benzene rings is 3. The minimum absolute atomic E-state index is 0.122. The summed E-state index contributed by atoms with van der Waals surface area (Å²) in [4.78, 5) is 28.6. The zero-order valence-corrected chi connectivity index (χ0v) is 26.5. The molecule has 0 aromatic heterocycles. The van der Waals surface area contributed by atoms with Crippen molar-refractivity contribution in [3.8, 4) is 0 Å². The van der Waals surface area contributed by atoms with Crippen LogP contribution in [-0.2, 0) is 16.4 Å². The van der Waals surface area contributed by atoms with Crippen LogP contribution in [0.3, 0.4) is 0 Å². The van der Waals surface area contributed by atoms with Gasteiger partial charge >= 0.3 is 0 Å². The van der Waals surface area contributed by atoms with Gasteiger partial charge in [0.2, 0.25) is 10.0 Å². The summed E-state index contributed by atoms with van der Waals surface area (Å²) < 4.78 is 55.5. The number of amides is 2. The number of halogens is 2. The van der Waals surface area contributed by atoms with Gasteiger partial charge in [-0.15, -0.1) is 0 Å². The number of carbonyl (C=O) groups excluding carboxylic acids is 2. The number of aliphatic hydroxyl groups excluding tert-OH is 1. The van der Waals surface area contributed by atoms with E-state index in [-0.39, 0.29) is 35.8 Å². The number of aryl methyl sites for hydroxylation is 1. The van der Waals surface area contributed by atoms with Gasteiger partial charge in [-0.25, -0.2) is 17.2 Å². The van der Waals surface area contributed by atoms with Crippen molar-refractivity contribution in [3.05, 3.63) is 100 Å². The number of rotatable bonds is 13. The Hall–Kier alpha value is -3.87. The van der Waals surface area contributed by atoms with Gasteiger partial charge in [0, 0.05) is 36.8 Å². The summed E-state index contributed by atoms with van der Waals surface area (Å²) in [5.41, 5.74) is 2.58. The quantitative estimate of drug-likeness (QED) is 0.220. The summed E-state index contributed by atoms with van der Waals surface area (Å²) in [6, 6.07) is 13.0. The van der Waals surface area contributed by atoms with Crippen LogP contribution in [-0.4, -0.2) is 67.8 Å². The summed E-state index contributed by atoms with van der Waals surface area (Å²) in [5, 5.41) is 17.2. The highest BCUT2D eigenvalue weighted by molar-refractivity contribution is 7.92. The Morgan fingerprint density at radius 1 is 1.00 bits per heavy atom. The molecule has 3 unspecified atom stereocenters. The van der Waals surface area contributed by atoms with Crippen molar-refractivity contribution in [2.75, 3.05) is 30.1 Å². The number of fused-ring (bicyclic) bond motifs is 1. The predicted molar refractivity (Wildman–Crippen MR) is 170 cm³/mol. The molecule has 0 spiro atoms. The Morgan fingerprint density at radius 2 is 1.64 bits per heavy atom. The van der Waals surface area contributed by atoms with Crippen LogP contribution in [0, 0.1) is 18.6 Å². The number of nitrogens with zero attached hydrogens (tertiary/aromatic N) is 1. The van der Waals surface area contributed by atoms with Gasteiger partial charge in [0.05, 0.1) is 29.6 Å². The third-order valence-corrected chi connectivity index (χ3v) is 8.88. The Labute approximate surface area is 263 Å². The molecule has 12 heteroatoms. The van der Waals surface area contributed by atoms with Gasteiger partial charge < -0.3 is 20.6 Å². The van der Waals surface area contributed by atoms with E-state index in [4.69, 9.17) is 0 Å². The third-order valence-electron chi connectivity index (χ3n) is 7.58. The van der Waals surface area contributed by atoms with Crippen molar-refractivity contribution in [1.29, 1.82) is 0 Å². The number of hydrogen-bond donors (Lipinski definition) is 4. The topological polar surface area (TPSA) is 128 Å². The first-order chi connectivity index (χ1) is 21.4. The number of para-hydroxylation sites is 1. The van der Waals surface area contributed by atoms with Crippen LogP contribution in [0.5, 0.6) is 0 Å². The van der Waals surface area contributed by atoms with Gasteiger partial charge in [-0.1, -0.05) is 32.0 Å². The molecule has 1 aliphatic rings. The first-order valence-corrected chi connectivity index (χ1v) is 16.7. The molecule has 3 aromatic carbocycles. The van der Waals surface area contributed by atoms with Gasteiger partial charge in [-0.05, 0) is 79.3 Å². The highest BCUT2D eigenvalue weighted by Gasteiger charge is 2.31. The largest absolute Gasteiger partial charge is 0.390 e. The van der Waals surface area contributed by atoms with E-state index in [9.17, 15) is 31.9 Å². The summed E-state index contributed by atoms with van der Waals surface area (Å²) >= 11 is 0. The SMILES string of the molecule is CCCN(CCC)C(=O)c1cc(C)cc(C(=O)NC(Cc2cc(F)cc(F)c2)C(O)CNC2CS(=O)(=O)Nc3ccccc32)c1. The number of sulfonamides is 1. The van der Waals surface area contributed by atoms with Crippen molar-refractivity contribution in [1.82, 2.24) is 15.5 Å². The second kappa shape index (κ2) is 14.9. The fraction of sp³-hybridized carbons (Fsp3) is 0.394. The van der Waals surface area contributed by atoms with Crippen molar-refractivity contribution >= 4 is 27.5 Å². The number of aliphatic hydroxyl groups is 1. The van der Waals surface area contributed by atoms with E-state index in [0.29, 0.717) is 35.5 Å². The van der Waals surface area contributed by atoms with Crippen LogP contribution in [0.2, 0.25) is 0 Å². The average molecular weight is 643 g/mol. The average Bonchev–Trinajstić information content (AvgIpc) is 2.97. The molecule has 9 nitrogen and oxygen atoms in total. The summed E-state index contributed by atoms with van der Waals surface area (Å²) in [6.45, 7) is 6.76. The van der Waals surface area contributed by atoms with Gasteiger partial charge in [0.15, 0.2) is 0 Å². The molecule has 0 saturated heterocycles. The lowest BCUT2D eigenvalue weighted by Crippen LogP contribution is -2.50. The minimum atomic E-state index is -3.63. The molecule has 0 saturated carbocycles. The molecule has 4 N–H and O–H groups in total. The van der Waals surface area contributed by atoms with Gasteiger partial charge in [-0.2, -0.15) is 0 Å². The van der Waals surface area contributed by atoms with E-state index in [1.165, 1.54) is 6.07 Å². The van der Waals surface area contributed by atoms with Crippen molar-refractivity contribution < 1.29 is 31.9 Å². The Morgan fingerprint density at radius 3 is 2.31 bits per heavy atom. The first-order valence-electron chi connectivity index (χ1n) is 15.1. The van der Waals surface area contributed by atoms with Gasteiger partial charge in [0.25, 0.3) is 11.8 Å². The predicted octanol–water partition coefficient (Wildman–Crippen LogP) is 4.32. The lowest BCUT2D eigenvalue weighted by molar-refractivity contribution is 0.0755. The lowest BCUT2D eigenvalue weighted by Gasteiger charge is -2.30. The Bertz CT molecular complexity index is 1610. The highest BCUT2D eigenvalue weighted by Crippen LogP contribution is 2.30. The maximum absolute atomic E-state index is 14.0. The number of anilines is 1. The monoisotopic (exact) mass is 642 g/mol. The van der Waals surface area contributed by atoms with Gasteiger partial charge in [-0.3, -0.25) is 14.3 Å². The molecule has 2 amide bonds. The molecule has 0 fully saturated rings. The second-order valence-electron chi connectivity index (χ2n) is 11.4. The summed E-state index contributed by atoms with van der Waals surface area (Å²) in [5.74, 6) is -2.64. The van der Waals surface area contributed by atoms with E-state index < -0.39 is 45.8 Å². The number of hydrogen-bond acceptors (Lipinski definition) is 6. The fourth-order valence-corrected chi connectivity index (χ4v) is 6.92. The maximum Gasteiger partial charge on any atom is 0.253 e. The molecular formula is C33H40F2N4O5S. The zero-order valence-electron chi connectivity index (χ0n) is 25.6. The number of nitrogens with one attached hydrogen (secondary N) is 3.